The molecule has 4 nitrogen and oxygen atoms in total. The number of rotatable bonds is 7. The van der Waals surface area contributed by atoms with Crippen molar-refractivity contribution in [3.63, 3.8) is 0 Å². The molecule has 0 bridgehead atoms. The van der Waals surface area contributed by atoms with Gasteiger partial charge in [-0.3, -0.25) is 0 Å². The number of aromatic nitrogens is 3. The molecule has 3 aromatic rings. The maximum Gasteiger partial charge on any atom is 0.402 e. The zero-order valence-corrected chi connectivity index (χ0v) is 23.2. The van der Waals surface area contributed by atoms with Crippen LogP contribution >= 0.6 is 21.6 Å². The SMILES string of the molecule is CCCSSCc1c(C)c(OC)cc[n+]1-c1nc2cc3c(cc2[nH]1)C(C)(C)CCC3(C)C.[Cl-]. The third-order valence-electron chi connectivity index (χ3n) is 6.92. The predicted octanol–water partition coefficient (Wildman–Crippen LogP) is 3.80. The number of ether oxygens (including phenoxy) is 1. The molecule has 2 heterocycles. The molecule has 1 aliphatic rings. The lowest BCUT2D eigenvalue weighted by Crippen LogP contribution is -3.00. The third kappa shape index (κ3) is 5.03. The average Bonchev–Trinajstić information content (AvgIpc) is 3.17. The summed E-state index contributed by atoms with van der Waals surface area (Å²) < 4.78 is 7.82. The largest absolute Gasteiger partial charge is 1.00 e. The van der Waals surface area contributed by atoms with Crippen LogP contribution in [-0.4, -0.2) is 22.8 Å². The lowest BCUT2D eigenvalue weighted by molar-refractivity contribution is -0.610. The normalized spacial score (nSPS) is 16.3. The zero-order valence-electron chi connectivity index (χ0n) is 20.8. The molecule has 7 heteroatoms. The van der Waals surface area contributed by atoms with Crippen molar-refractivity contribution >= 4 is 32.6 Å². The van der Waals surface area contributed by atoms with Gasteiger partial charge in [0.25, 0.3) is 0 Å². The van der Waals surface area contributed by atoms with Crippen LogP contribution in [0, 0.1) is 6.92 Å². The highest BCUT2D eigenvalue weighted by atomic mass is 35.5. The number of pyridine rings is 1. The molecule has 0 fully saturated rings. The first-order valence-corrected chi connectivity index (χ1v) is 14.0. The Bertz CT molecular complexity index is 1090. The minimum atomic E-state index is 0. The highest BCUT2D eigenvalue weighted by molar-refractivity contribution is 8.76. The standard InChI is InChI=1S/C26H36N3OS2.ClH/c1-8-13-31-32-16-22-17(2)23(30-7)9-12-29(22)24-27-20-14-18-19(15-21(20)28-24)26(5,6)11-10-25(18,3)4;/h9,12,14-15H,8,10-11,13,16H2,1-7H3,(H,27,28);1H/q+1;/p-1. The minimum absolute atomic E-state index is 0. The van der Waals surface area contributed by atoms with Crippen LogP contribution in [0.5, 0.6) is 5.75 Å². The average molecular weight is 506 g/mol. The van der Waals surface area contributed by atoms with Crippen molar-refractivity contribution in [2.45, 2.75) is 77.4 Å². The molecule has 2 aromatic heterocycles. The van der Waals surface area contributed by atoms with Crippen molar-refractivity contribution in [2.24, 2.45) is 0 Å². The van der Waals surface area contributed by atoms with Crippen LogP contribution in [0.4, 0.5) is 0 Å². The summed E-state index contributed by atoms with van der Waals surface area (Å²) in [5.74, 6) is 3.86. The lowest BCUT2D eigenvalue weighted by Gasteiger charge is -2.41. The van der Waals surface area contributed by atoms with Crippen molar-refractivity contribution < 1.29 is 21.7 Å². The zero-order chi connectivity index (χ0) is 23.1. The van der Waals surface area contributed by atoms with Gasteiger partial charge in [-0.25, -0.2) is 9.55 Å². The van der Waals surface area contributed by atoms with Gasteiger partial charge >= 0.3 is 5.95 Å². The van der Waals surface area contributed by atoms with Gasteiger partial charge in [0.1, 0.15) is 17.0 Å². The first-order chi connectivity index (χ1) is 15.2. The van der Waals surface area contributed by atoms with Crippen LogP contribution in [0.2, 0.25) is 0 Å². The molecule has 1 aromatic carbocycles. The smallest absolute Gasteiger partial charge is 0.402 e. The summed E-state index contributed by atoms with van der Waals surface area (Å²) in [5, 5.41) is 0. The van der Waals surface area contributed by atoms with E-state index < -0.39 is 0 Å². The van der Waals surface area contributed by atoms with Crippen LogP contribution in [0.1, 0.15) is 76.3 Å². The van der Waals surface area contributed by atoms with E-state index in [4.69, 9.17) is 9.72 Å². The molecule has 180 valence electrons. The van der Waals surface area contributed by atoms with E-state index in [0.717, 1.165) is 34.2 Å². The quantitative estimate of drug-likeness (QED) is 0.301. The maximum atomic E-state index is 5.62. The van der Waals surface area contributed by atoms with E-state index in [2.05, 4.69) is 69.4 Å². The van der Waals surface area contributed by atoms with E-state index in [1.807, 2.05) is 27.7 Å². The maximum absolute atomic E-state index is 5.62. The predicted molar refractivity (Wildman–Crippen MR) is 138 cm³/mol. The van der Waals surface area contributed by atoms with Gasteiger partial charge in [-0.15, -0.1) is 0 Å². The van der Waals surface area contributed by atoms with Gasteiger partial charge < -0.3 is 17.1 Å². The van der Waals surface area contributed by atoms with Crippen LogP contribution in [-0.2, 0) is 16.6 Å². The summed E-state index contributed by atoms with van der Waals surface area (Å²) in [7, 11) is 5.57. The third-order valence-corrected chi connectivity index (χ3v) is 9.41. The Morgan fingerprint density at radius 1 is 1.09 bits per heavy atom. The number of fused-ring (bicyclic) bond motifs is 2. The molecule has 0 spiro atoms. The highest BCUT2D eigenvalue weighted by Crippen LogP contribution is 2.46. The number of imidazole rings is 1. The topological polar surface area (TPSA) is 41.8 Å². The molecule has 0 unspecified atom stereocenters. The number of nitrogens with one attached hydrogen (secondary N) is 1. The van der Waals surface area contributed by atoms with E-state index in [0.29, 0.717) is 0 Å². The van der Waals surface area contributed by atoms with Crippen molar-refractivity contribution in [3.8, 4) is 11.7 Å². The second-order valence-corrected chi connectivity index (χ2v) is 12.7. The summed E-state index contributed by atoms with van der Waals surface area (Å²) in [6.45, 7) is 13.8. The number of nitrogens with zero attached hydrogens (tertiary/aromatic N) is 2. The molecule has 1 N–H and O–H groups in total. The Kier molecular flexibility index (Phi) is 8.02. The van der Waals surface area contributed by atoms with Crippen LogP contribution in [0.15, 0.2) is 24.4 Å². The van der Waals surface area contributed by atoms with Crippen molar-refractivity contribution in [1.29, 1.82) is 0 Å². The lowest BCUT2D eigenvalue weighted by atomic mass is 9.63. The molecule has 1 aliphatic carbocycles. The summed E-state index contributed by atoms with van der Waals surface area (Å²) in [4.78, 5) is 8.69. The van der Waals surface area contributed by atoms with Crippen molar-refractivity contribution in [1.82, 2.24) is 9.97 Å². The summed E-state index contributed by atoms with van der Waals surface area (Å²) in [6, 6.07) is 6.71. The number of hydrogen-bond acceptors (Lipinski definition) is 4. The fraction of sp³-hybridized carbons (Fsp3) is 0.538. The monoisotopic (exact) mass is 505 g/mol. The Hall–Kier alpha value is -1.37. The first kappa shape index (κ1) is 26.2. The van der Waals surface area contributed by atoms with Gasteiger partial charge in [-0.1, -0.05) is 61.2 Å². The fourth-order valence-corrected chi connectivity index (χ4v) is 6.96. The molecular weight excluding hydrogens is 470 g/mol. The highest BCUT2D eigenvalue weighted by Gasteiger charge is 2.38. The number of H-pyrrole nitrogens is 1. The van der Waals surface area contributed by atoms with E-state index in [1.165, 1.54) is 41.6 Å². The number of benzene rings is 1. The van der Waals surface area contributed by atoms with Crippen LogP contribution in [0.25, 0.3) is 17.0 Å². The van der Waals surface area contributed by atoms with Gasteiger partial charge in [0.05, 0.1) is 19.1 Å². The first-order valence-electron chi connectivity index (χ1n) is 11.6. The number of halogens is 1. The van der Waals surface area contributed by atoms with Crippen molar-refractivity contribution in [2.75, 3.05) is 12.9 Å². The van der Waals surface area contributed by atoms with Gasteiger partial charge in [-0.2, -0.15) is 0 Å². The molecule has 0 radical (unpaired) electrons. The molecule has 0 aliphatic heterocycles. The molecule has 33 heavy (non-hydrogen) atoms. The molecule has 0 saturated heterocycles. The number of hydrogen-bond donors (Lipinski definition) is 1. The molecule has 0 saturated carbocycles. The van der Waals surface area contributed by atoms with Gasteiger partial charge in [-0.05, 0) is 60.3 Å². The fourth-order valence-electron chi connectivity index (χ4n) is 4.69. The second-order valence-electron chi connectivity index (χ2n) is 10.2. The van der Waals surface area contributed by atoms with E-state index in [9.17, 15) is 0 Å². The Labute approximate surface area is 212 Å². The van der Waals surface area contributed by atoms with Gasteiger partial charge in [0, 0.05) is 17.4 Å². The van der Waals surface area contributed by atoms with Crippen LogP contribution in [0.3, 0.4) is 0 Å². The van der Waals surface area contributed by atoms with Gasteiger partial charge in [0.15, 0.2) is 5.52 Å². The molecule has 0 amide bonds. The molecule has 4 rings (SSSR count). The Morgan fingerprint density at radius 3 is 2.39 bits per heavy atom. The van der Waals surface area contributed by atoms with Gasteiger partial charge in [0.2, 0.25) is 0 Å². The van der Waals surface area contributed by atoms with Crippen molar-refractivity contribution in [3.05, 3.63) is 46.8 Å². The summed E-state index contributed by atoms with van der Waals surface area (Å²) >= 11 is 0. The van der Waals surface area contributed by atoms with E-state index in [1.54, 1.807) is 7.11 Å². The summed E-state index contributed by atoms with van der Waals surface area (Å²) in [6.07, 6.45) is 5.69. The Morgan fingerprint density at radius 2 is 1.76 bits per heavy atom. The summed E-state index contributed by atoms with van der Waals surface area (Å²) in [5.41, 5.74) is 7.83. The van der Waals surface area contributed by atoms with E-state index >= 15 is 0 Å². The van der Waals surface area contributed by atoms with E-state index in [-0.39, 0.29) is 23.2 Å². The second kappa shape index (κ2) is 10.1. The Balaban J connectivity index is 0.00000306. The minimum Gasteiger partial charge on any atom is -1.00 e. The number of methoxy groups -OCH3 is 1. The molecular formula is C26H36ClN3OS2. The number of aromatic amines is 1. The van der Waals surface area contributed by atoms with Crippen LogP contribution < -0.4 is 21.7 Å². The molecule has 0 atom stereocenters.